The lowest BCUT2D eigenvalue weighted by Gasteiger charge is -2.11. The Hall–Kier alpha value is -3.58. The Labute approximate surface area is 165 Å². The number of carbonyl (C=O) groups is 1. The Kier molecular flexibility index (Phi) is 5.76. The molecule has 0 saturated heterocycles. The first-order valence-corrected chi connectivity index (χ1v) is 9.18. The highest BCUT2D eigenvalue weighted by molar-refractivity contribution is 6.11. The van der Waals surface area contributed by atoms with Gasteiger partial charge in [-0.15, -0.1) is 0 Å². The van der Waals surface area contributed by atoms with E-state index in [-0.39, 0.29) is 5.57 Å². The summed E-state index contributed by atoms with van der Waals surface area (Å²) in [5.74, 6) is 0.362. The highest BCUT2D eigenvalue weighted by atomic mass is 16.5. The summed E-state index contributed by atoms with van der Waals surface area (Å²) in [5.41, 5.74) is 3.62. The van der Waals surface area contributed by atoms with Crippen molar-refractivity contribution in [3.8, 4) is 11.8 Å². The van der Waals surface area contributed by atoms with E-state index in [9.17, 15) is 10.1 Å². The Balaban J connectivity index is 1.97. The van der Waals surface area contributed by atoms with E-state index in [1.54, 1.807) is 6.08 Å². The van der Waals surface area contributed by atoms with E-state index in [1.807, 2.05) is 81.4 Å². The quantitative estimate of drug-likeness (QED) is 0.483. The van der Waals surface area contributed by atoms with Crippen LogP contribution in [-0.4, -0.2) is 12.5 Å². The average molecular weight is 370 g/mol. The number of hydrogen-bond acceptors (Lipinski definition) is 3. The molecule has 0 aliphatic carbocycles. The van der Waals surface area contributed by atoms with Gasteiger partial charge in [0.1, 0.15) is 17.4 Å². The van der Waals surface area contributed by atoms with Crippen molar-refractivity contribution in [1.82, 2.24) is 0 Å². The van der Waals surface area contributed by atoms with E-state index >= 15 is 0 Å². The van der Waals surface area contributed by atoms with Crippen molar-refractivity contribution in [1.29, 1.82) is 5.26 Å². The molecule has 4 nitrogen and oxygen atoms in total. The van der Waals surface area contributed by atoms with E-state index in [4.69, 9.17) is 4.74 Å². The second kappa shape index (κ2) is 8.41. The van der Waals surface area contributed by atoms with Crippen LogP contribution in [0.25, 0.3) is 16.8 Å². The minimum Gasteiger partial charge on any atom is -0.493 e. The van der Waals surface area contributed by atoms with Crippen molar-refractivity contribution in [3.05, 3.63) is 76.9 Å². The number of carbonyl (C=O) groups excluding carboxylic acids is 1. The highest BCUT2D eigenvalue weighted by Crippen LogP contribution is 2.30. The summed E-state index contributed by atoms with van der Waals surface area (Å²) in [6.07, 6.45) is 1.62. The third-order valence-electron chi connectivity index (χ3n) is 4.51. The third-order valence-corrected chi connectivity index (χ3v) is 4.51. The fourth-order valence-electron chi connectivity index (χ4n) is 3.15. The number of nitrogens with zero attached hydrogens (tertiary/aromatic N) is 1. The zero-order valence-corrected chi connectivity index (χ0v) is 16.2. The van der Waals surface area contributed by atoms with Gasteiger partial charge in [-0.3, -0.25) is 4.79 Å². The summed E-state index contributed by atoms with van der Waals surface area (Å²) in [7, 11) is 0. The molecule has 0 atom stereocenters. The molecule has 0 fully saturated rings. The number of benzene rings is 3. The second-order valence-corrected chi connectivity index (χ2v) is 6.57. The lowest BCUT2D eigenvalue weighted by atomic mass is 10.0. The van der Waals surface area contributed by atoms with Crippen molar-refractivity contribution in [2.45, 2.75) is 20.8 Å². The molecule has 1 N–H and O–H groups in total. The van der Waals surface area contributed by atoms with Gasteiger partial charge in [0.15, 0.2) is 0 Å². The summed E-state index contributed by atoms with van der Waals surface area (Å²) in [6, 6.07) is 19.3. The van der Waals surface area contributed by atoms with Crippen molar-refractivity contribution in [2.24, 2.45) is 0 Å². The highest BCUT2D eigenvalue weighted by Gasteiger charge is 2.13. The van der Waals surface area contributed by atoms with Gasteiger partial charge in [0.05, 0.1) is 6.61 Å². The molecule has 0 aliphatic heterocycles. The van der Waals surface area contributed by atoms with Crippen LogP contribution in [-0.2, 0) is 4.79 Å². The second-order valence-electron chi connectivity index (χ2n) is 6.57. The van der Waals surface area contributed by atoms with Crippen LogP contribution < -0.4 is 10.1 Å². The monoisotopic (exact) mass is 370 g/mol. The largest absolute Gasteiger partial charge is 0.493 e. The van der Waals surface area contributed by atoms with Crippen molar-refractivity contribution >= 4 is 28.4 Å². The van der Waals surface area contributed by atoms with E-state index in [0.717, 1.165) is 33.2 Å². The first kappa shape index (κ1) is 19.2. The average Bonchev–Trinajstić information content (AvgIpc) is 2.69. The van der Waals surface area contributed by atoms with Gasteiger partial charge >= 0.3 is 0 Å². The van der Waals surface area contributed by atoms with E-state index in [0.29, 0.717) is 12.3 Å². The normalized spacial score (nSPS) is 11.1. The molecule has 0 unspecified atom stereocenters. The van der Waals surface area contributed by atoms with Crippen LogP contribution in [0.1, 0.15) is 23.6 Å². The molecule has 3 rings (SSSR count). The van der Waals surface area contributed by atoms with Gasteiger partial charge in [0, 0.05) is 11.1 Å². The van der Waals surface area contributed by atoms with Crippen molar-refractivity contribution in [2.75, 3.05) is 11.9 Å². The molecule has 0 aliphatic rings. The van der Waals surface area contributed by atoms with Crippen LogP contribution in [0.4, 0.5) is 5.69 Å². The molecule has 0 spiro atoms. The van der Waals surface area contributed by atoms with Crippen molar-refractivity contribution < 1.29 is 9.53 Å². The topological polar surface area (TPSA) is 62.1 Å². The van der Waals surface area contributed by atoms with Gasteiger partial charge in [-0.25, -0.2) is 0 Å². The fraction of sp³-hybridized carbons (Fsp3) is 0.167. The first-order chi connectivity index (χ1) is 13.5. The molecule has 0 heterocycles. The SMILES string of the molecule is CCOc1ccc(/C=C(\C#N)C(=O)Nc2ccc(C)cc2C)c2ccccc12. The Bertz CT molecular complexity index is 1110. The molecule has 28 heavy (non-hydrogen) atoms. The summed E-state index contributed by atoms with van der Waals surface area (Å²) in [4.78, 5) is 12.7. The standard InChI is InChI=1S/C24H22N2O2/c1-4-28-23-12-10-18(20-7-5-6-8-21(20)23)14-19(15-25)24(27)26-22-11-9-16(2)13-17(22)3/h5-14H,4H2,1-3H3,(H,26,27)/b19-14+. The van der Waals surface area contributed by atoms with Gasteiger partial charge < -0.3 is 10.1 Å². The summed E-state index contributed by atoms with van der Waals surface area (Å²) in [6.45, 7) is 6.43. The van der Waals surface area contributed by atoms with Gasteiger partial charge in [-0.2, -0.15) is 5.26 Å². The molecule has 0 aromatic heterocycles. The Morgan fingerprint density at radius 3 is 2.54 bits per heavy atom. The van der Waals surface area contributed by atoms with Crippen LogP contribution >= 0.6 is 0 Å². The summed E-state index contributed by atoms with van der Waals surface area (Å²) in [5, 5.41) is 14.3. The van der Waals surface area contributed by atoms with Crippen LogP contribution in [0.3, 0.4) is 0 Å². The van der Waals surface area contributed by atoms with Gasteiger partial charge in [0.2, 0.25) is 0 Å². The number of nitriles is 1. The van der Waals surface area contributed by atoms with E-state index < -0.39 is 5.91 Å². The maximum atomic E-state index is 12.7. The van der Waals surface area contributed by atoms with E-state index in [2.05, 4.69) is 5.32 Å². The molecular weight excluding hydrogens is 348 g/mol. The molecule has 0 bridgehead atoms. The van der Waals surface area contributed by atoms with Gasteiger partial charge in [-0.1, -0.05) is 48.0 Å². The molecule has 3 aromatic carbocycles. The Morgan fingerprint density at radius 1 is 1.11 bits per heavy atom. The van der Waals surface area contributed by atoms with E-state index in [1.165, 1.54) is 0 Å². The molecule has 0 radical (unpaired) electrons. The fourth-order valence-corrected chi connectivity index (χ4v) is 3.15. The number of anilines is 1. The summed E-state index contributed by atoms with van der Waals surface area (Å²) >= 11 is 0. The first-order valence-electron chi connectivity index (χ1n) is 9.18. The number of amides is 1. The smallest absolute Gasteiger partial charge is 0.266 e. The zero-order valence-electron chi connectivity index (χ0n) is 16.2. The predicted octanol–water partition coefficient (Wildman–Crippen LogP) is 5.40. The number of hydrogen-bond donors (Lipinski definition) is 1. The van der Waals surface area contributed by atoms with Crippen LogP contribution in [0.15, 0.2) is 60.2 Å². The maximum Gasteiger partial charge on any atom is 0.266 e. The van der Waals surface area contributed by atoms with Gasteiger partial charge in [0.25, 0.3) is 5.91 Å². The number of aryl methyl sites for hydroxylation is 2. The zero-order chi connectivity index (χ0) is 20.1. The molecule has 1 amide bonds. The van der Waals surface area contributed by atoms with Crippen LogP contribution in [0, 0.1) is 25.2 Å². The van der Waals surface area contributed by atoms with Crippen molar-refractivity contribution in [3.63, 3.8) is 0 Å². The van der Waals surface area contributed by atoms with Crippen LogP contribution in [0.5, 0.6) is 5.75 Å². The lowest BCUT2D eigenvalue weighted by Crippen LogP contribution is -2.14. The van der Waals surface area contributed by atoms with Gasteiger partial charge in [-0.05, 0) is 55.5 Å². The third kappa shape index (κ3) is 4.05. The number of fused-ring (bicyclic) bond motifs is 1. The minimum atomic E-state index is -0.424. The minimum absolute atomic E-state index is 0.0503. The number of ether oxygens (including phenoxy) is 1. The Morgan fingerprint density at radius 2 is 1.86 bits per heavy atom. The number of nitrogens with one attached hydrogen (secondary N) is 1. The number of rotatable bonds is 5. The predicted molar refractivity (Wildman–Crippen MR) is 113 cm³/mol. The molecule has 140 valence electrons. The summed E-state index contributed by atoms with van der Waals surface area (Å²) < 4.78 is 5.69. The molecule has 3 aromatic rings. The molecular formula is C24H22N2O2. The molecule has 4 heteroatoms. The lowest BCUT2D eigenvalue weighted by molar-refractivity contribution is -0.112. The maximum absolute atomic E-state index is 12.7. The van der Waals surface area contributed by atoms with Crippen LogP contribution in [0.2, 0.25) is 0 Å². The molecule has 0 saturated carbocycles.